The smallest absolute Gasteiger partial charge is 0.287 e. The molecule has 0 spiro atoms. The number of carbonyl (C=O) groups excluding carboxylic acids is 1. The second kappa shape index (κ2) is 7.60. The van der Waals surface area contributed by atoms with E-state index in [0.29, 0.717) is 17.3 Å². The van der Waals surface area contributed by atoms with Gasteiger partial charge in [0.15, 0.2) is 5.76 Å². The third-order valence-corrected chi connectivity index (χ3v) is 5.15. The van der Waals surface area contributed by atoms with Crippen LogP contribution in [0.2, 0.25) is 5.02 Å². The standard InChI is InChI=1S/C19H24ClN5O2/c1-6-24-10-16(12(3)22-24)11(2)21-19(26)17-8-7-15(27-17)9-25-14(5)18(20)13(4)23-25/h7-8,10-11H,6,9H2,1-5H3,(H,21,26). The minimum Gasteiger partial charge on any atom is -0.454 e. The van der Waals surface area contributed by atoms with Crippen molar-refractivity contribution in [1.82, 2.24) is 24.9 Å². The van der Waals surface area contributed by atoms with Crippen LogP contribution in [0.4, 0.5) is 0 Å². The Morgan fingerprint density at radius 2 is 2.00 bits per heavy atom. The molecule has 27 heavy (non-hydrogen) atoms. The third kappa shape index (κ3) is 3.93. The monoisotopic (exact) mass is 389 g/mol. The molecule has 0 aliphatic heterocycles. The molecule has 8 heteroatoms. The van der Waals surface area contributed by atoms with Gasteiger partial charge in [0.2, 0.25) is 0 Å². The minimum absolute atomic E-state index is 0.166. The molecule has 144 valence electrons. The Hall–Kier alpha value is -2.54. The molecule has 7 nitrogen and oxygen atoms in total. The van der Waals surface area contributed by atoms with Gasteiger partial charge < -0.3 is 9.73 Å². The molecule has 1 atom stereocenters. The summed E-state index contributed by atoms with van der Waals surface area (Å²) in [6.45, 7) is 10.9. The fraction of sp³-hybridized carbons (Fsp3) is 0.421. The zero-order chi connectivity index (χ0) is 19.7. The molecule has 0 saturated heterocycles. The van der Waals surface area contributed by atoms with E-state index in [1.807, 2.05) is 45.5 Å². The van der Waals surface area contributed by atoms with Gasteiger partial charge in [0, 0.05) is 18.3 Å². The maximum absolute atomic E-state index is 12.5. The van der Waals surface area contributed by atoms with Crippen molar-refractivity contribution in [2.45, 2.75) is 53.8 Å². The van der Waals surface area contributed by atoms with Crippen molar-refractivity contribution >= 4 is 17.5 Å². The molecule has 0 bridgehead atoms. The van der Waals surface area contributed by atoms with Gasteiger partial charge in [-0.15, -0.1) is 0 Å². The zero-order valence-electron chi connectivity index (χ0n) is 16.2. The average Bonchev–Trinajstić information content (AvgIpc) is 3.31. The Labute approximate surface area is 163 Å². The Bertz CT molecular complexity index is 969. The van der Waals surface area contributed by atoms with Crippen molar-refractivity contribution in [3.8, 4) is 0 Å². The Kier molecular flexibility index (Phi) is 5.41. The van der Waals surface area contributed by atoms with Crippen molar-refractivity contribution in [1.29, 1.82) is 0 Å². The van der Waals surface area contributed by atoms with Crippen LogP contribution in [0, 0.1) is 20.8 Å². The van der Waals surface area contributed by atoms with Gasteiger partial charge in [-0.3, -0.25) is 14.2 Å². The molecular weight excluding hydrogens is 366 g/mol. The highest BCUT2D eigenvalue weighted by Crippen LogP contribution is 2.21. The lowest BCUT2D eigenvalue weighted by Crippen LogP contribution is -2.26. The van der Waals surface area contributed by atoms with Crippen LogP contribution in [0.25, 0.3) is 0 Å². The Balaban J connectivity index is 1.69. The summed E-state index contributed by atoms with van der Waals surface area (Å²) in [5, 5.41) is 12.4. The molecule has 0 saturated carbocycles. The summed E-state index contributed by atoms with van der Waals surface area (Å²) in [6, 6.07) is 3.29. The lowest BCUT2D eigenvalue weighted by atomic mass is 10.1. The van der Waals surface area contributed by atoms with Crippen molar-refractivity contribution in [3.05, 3.63) is 57.5 Å². The zero-order valence-corrected chi connectivity index (χ0v) is 17.0. The van der Waals surface area contributed by atoms with Crippen LogP contribution in [0.5, 0.6) is 0 Å². The molecule has 1 amide bonds. The summed E-state index contributed by atoms with van der Waals surface area (Å²) < 4.78 is 9.34. The number of nitrogens with zero attached hydrogens (tertiary/aromatic N) is 4. The SMILES string of the molecule is CCn1cc(C(C)NC(=O)c2ccc(Cn3nc(C)c(Cl)c3C)o2)c(C)n1. The van der Waals surface area contributed by atoms with E-state index in [4.69, 9.17) is 16.0 Å². The van der Waals surface area contributed by atoms with Gasteiger partial charge in [-0.25, -0.2) is 0 Å². The molecule has 0 aliphatic carbocycles. The Morgan fingerprint density at radius 1 is 1.26 bits per heavy atom. The van der Waals surface area contributed by atoms with E-state index in [1.54, 1.807) is 16.8 Å². The van der Waals surface area contributed by atoms with Gasteiger partial charge in [0.1, 0.15) is 5.76 Å². The van der Waals surface area contributed by atoms with Crippen molar-refractivity contribution in [2.75, 3.05) is 0 Å². The lowest BCUT2D eigenvalue weighted by Gasteiger charge is -2.12. The average molecular weight is 390 g/mol. The van der Waals surface area contributed by atoms with Gasteiger partial charge in [0.25, 0.3) is 5.91 Å². The van der Waals surface area contributed by atoms with Crippen LogP contribution in [0.1, 0.15) is 58.8 Å². The highest BCUT2D eigenvalue weighted by Gasteiger charge is 2.19. The van der Waals surface area contributed by atoms with E-state index in [0.717, 1.165) is 29.2 Å². The van der Waals surface area contributed by atoms with Crippen LogP contribution in [-0.2, 0) is 13.1 Å². The molecule has 3 aromatic heterocycles. The number of amides is 1. The van der Waals surface area contributed by atoms with E-state index in [1.165, 1.54) is 0 Å². The molecule has 0 aliphatic rings. The topological polar surface area (TPSA) is 77.9 Å². The van der Waals surface area contributed by atoms with E-state index in [-0.39, 0.29) is 17.7 Å². The number of nitrogens with one attached hydrogen (secondary N) is 1. The first-order chi connectivity index (χ1) is 12.8. The van der Waals surface area contributed by atoms with E-state index >= 15 is 0 Å². The highest BCUT2D eigenvalue weighted by atomic mass is 35.5. The van der Waals surface area contributed by atoms with Gasteiger partial charge in [0.05, 0.1) is 34.7 Å². The second-order valence-corrected chi connectivity index (χ2v) is 7.01. The summed E-state index contributed by atoms with van der Waals surface area (Å²) in [4.78, 5) is 12.5. The second-order valence-electron chi connectivity index (χ2n) is 6.63. The number of halogens is 1. The first-order valence-corrected chi connectivity index (χ1v) is 9.31. The van der Waals surface area contributed by atoms with Crippen molar-refractivity contribution in [2.24, 2.45) is 0 Å². The number of hydrogen-bond acceptors (Lipinski definition) is 4. The van der Waals surface area contributed by atoms with E-state index < -0.39 is 0 Å². The predicted molar refractivity (Wildman–Crippen MR) is 103 cm³/mol. The summed E-state index contributed by atoms with van der Waals surface area (Å²) >= 11 is 6.18. The maximum Gasteiger partial charge on any atom is 0.287 e. The quantitative estimate of drug-likeness (QED) is 0.695. The van der Waals surface area contributed by atoms with E-state index in [9.17, 15) is 4.79 Å². The van der Waals surface area contributed by atoms with Crippen molar-refractivity contribution in [3.63, 3.8) is 0 Å². The number of aryl methyl sites for hydroxylation is 3. The Morgan fingerprint density at radius 3 is 2.59 bits per heavy atom. The normalized spacial score (nSPS) is 12.4. The van der Waals surface area contributed by atoms with Crippen LogP contribution in [0.3, 0.4) is 0 Å². The lowest BCUT2D eigenvalue weighted by molar-refractivity contribution is 0.0909. The molecule has 3 heterocycles. The number of hydrogen-bond donors (Lipinski definition) is 1. The molecule has 3 aromatic rings. The van der Waals surface area contributed by atoms with Gasteiger partial charge in [-0.1, -0.05) is 11.6 Å². The predicted octanol–water partition coefficient (Wildman–Crippen LogP) is 3.81. The third-order valence-electron chi connectivity index (χ3n) is 4.61. The highest BCUT2D eigenvalue weighted by molar-refractivity contribution is 6.31. The molecular formula is C19H24ClN5O2. The maximum atomic E-state index is 12.5. The molecule has 0 fully saturated rings. The first kappa shape index (κ1) is 19.2. The summed E-state index contributed by atoms with van der Waals surface area (Å²) in [7, 11) is 0. The summed E-state index contributed by atoms with van der Waals surface area (Å²) in [5.41, 5.74) is 3.55. The van der Waals surface area contributed by atoms with Crippen LogP contribution in [0.15, 0.2) is 22.7 Å². The van der Waals surface area contributed by atoms with Crippen LogP contribution in [-0.4, -0.2) is 25.5 Å². The fourth-order valence-corrected chi connectivity index (χ4v) is 3.16. The number of carbonyl (C=O) groups is 1. The molecule has 1 unspecified atom stereocenters. The van der Waals surface area contributed by atoms with Crippen LogP contribution >= 0.6 is 11.6 Å². The minimum atomic E-state index is -0.260. The summed E-state index contributed by atoms with van der Waals surface area (Å²) in [6.07, 6.45) is 1.96. The molecule has 1 N–H and O–H groups in total. The van der Waals surface area contributed by atoms with Crippen molar-refractivity contribution < 1.29 is 9.21 Å². The largest absolute Gasteiger partial charge is 0.454 e. The molecule has 3 rings (SSSR count). The van der Waals surface area contributed by atoms with E-state index in [2.05, 4.69) is 15.5 Å². The molecule has 0 radical (unpaired) electrons. The first-order valence-electron chi connectivity index (χ1n) is 8.93. The van der Waals surface area contributed by atoms with Gasteiger partial charge in [-0.2, -0.15) is 10.2 Å². The summed E-state index contributed by atoms with van der Waals surface area (Å²) in [5.74, 6) is 0.652. The molecule has 0 aromatic carbocycles. The number of furan rings is 1. The van der Waals surface area contributed by atoms with Gasteiger partial charge >= 0.3 is 0 Å². The van der Waals surface area contributed by atoms with Gasteiger partial charge in [-0.05, 0) is 46.8 Å². The van der Waals surface area contributed by atoms with Crippen LogP contribution < -0.4 is 5.32 Å². The fourth-order valence-electron chi connectivity index (χ4n) is 3.03. The number of rotatable bonds is 6. The number of aromatic nitrogens is 4.